The Morgan fingerprint density at radius 3 is 2.11 bits per heavy atom. The number of amides is 3. The standard InChI is InChI=1S/C13H16FN3O2/c1-10(18)16-6-8-17(9-7-16)13(19)15-12-4-2-11(14)3-5-12/h2-5H,6-9H2,1H3,(H,15,19). The maximum absolute atomic E-state index is 12.7. The van der Waals surface area contributed by atoms with E-state index in [1.807, 2.05) is 0 Å². The highest BCUT2D eigenvalue weighted by molar-refractivity contribution is 5.89. The Balaban J connectivity index is 1.88. The van der Waals surface area contributed by atoms with Crippen molar-refractivity contribution in [1.82, 2.24) is 9.80 Å². The van der Waals surface area contributed by atoms with Crippen molar-refractivity contribution < 1.29 is 14.0 Å². The number of hydrogen-bond donors (Lipinski definition) is 1. The second-order valence-electron chi connectivity index (χ2n) is 4.43. The normalized spacial score (nSPS) is 15.3. The third-order valence-electron chi connectivity index (χ3n) is 3.11. The van der Waals surface area contributed by atoms with Crippen LogP contribution in [-0.2, 0) is 4.79 Å². The maximum atomic E-state index is 12.7. The van der Waals surface area contributed by atoms with Crippen LogP contribution >= 0.6 is 0 Å². The summed E-state index contributed by atoms with van der Waals surface area (Å²) < 4.78 is 12.7. The van der Waals surface area contributed by atoms with Gasteiger partial charge in [0.1, 0.15) is 5.82 Å². The van der Waals surface area contributed by atoms with Gasteiger partial charge in [0.05, 0.1) is 0 Å². The number of benzene rings is 1. The number of halogens is 1. The minimum Gasteiger partial charge on any atom is -0.339 e. The zero-order valence-electron chi connectivity index (χ0n) is 10.7. The molecule has 1 aliphatic rings. The Morgan fingerprint density at radius 1 is 1.05 bits per heavy atom. The Kier molecular flexibility index (Phi) is 3.99. The summed E-state index contributed by atoms with van der Waals surface area (Å²) in [4.78, 5) is 26.5. The first-order valence-electron chi connectivity index (χ1n) is 6.13. The van der Waals surface area contributed by atoms with Crippen molar-refractivity contribution in [3.05, 3.63) is 30.1 Å². The van der Waals surface area contributed by atoms with E-state index in [2.05, 4.69) is 5.32 Å². The van der Waals surface area contributed by atoms with Crippen molar-refractivity contribution >= 4 is 17.6 Å². The average Bonchev–Trinajstić information content (AvgIpc) is 2.41. The molecule has 0 aliphatic carbocycles. The topological polar surface area (TPSA) is 52.7 Å². The molecule has 1 saturated heterocycles. The highest BCUT2D eigenvalue weighted by Crippen LogP contribution is 2.10. The lowest BCUT2D eigenvalue weighted by Crippen LogP contribution is -2.51. The summed E-state index contributed by atoms with van der Waals surface area (Å²) in [5.74, 6) is -0.313. The van der Waals surface area contributed by atoms with Gasteiger partial charge in [-0.15, -0.1) is 0 Å². The highest BCUT2D eigenvalue weighted by Gasteiger charge is 2.22. The summed E-state index contributed by atoms with van der Waals surface area (Å²) in [7, 11) is 0. The quantitative estimate of drug-likeness (QED) is 0.837. The lowest BCUT2D eigenvalue weighted by Gasteiger charge is -2.34. The highest BCUT2D eigenvalue weighted by atomic mass is 19.1. The molecule has 19 heavy (non-hydrogen) atoms. The fourth-order valence-corrected chi connectivity index (χ4v) is 1.96. The van der Waals surface area contributed by atoms with Gasteiger partial charge in [-0.2, -0.15) is 0 Å². The molecule has 6 heteroatoms. The summed E-state index contributed by atoms with van der Waals surface area (Å²) in [5, 5.41) is 2.70. The van der Waals surface area contributed by atoms with E-state index >= 15 is 0 Å². The molecule has 0 unspecified atom stereocenters. The molecule has 1 aromatic carbocycles. The van der Waals surface area contributed by atoms with E-state index in [1.165, 1.54) is 31.2 Å². The summed E-state index contributed by atoms with van der Waals surface area (Å²) in [6.45, 7) is 3.63. The SMILES string of the molecule is CC(=O)N1CCN(C(=O)Nc2ccc(F)cc2)CC1. The molecule has 1 aliphatic heterocycles. The van der Waals surface area contributed by atoms with Gasteiger partial charge in [-0.1, -0.05) is 0 Å². The Hall–Kier alpha value is -2.11. The first-order chi connectivity index (χ1) is 9.06. The smallest absolute Gasteiger partial charge is 0.321 e. The summed E-state index contributed by atoms with van der Waals surface area (Å²) >= 11 is 0. The Bertz CT molecular complexity index is 467. The molecule has 5 nitrogen and oxygen atoms in total. The van der Waals surface area contributed by atoms with Gasteiger partial charge < -0.3 is 15.1 Å². The van der Waals surface area contributed by atoms with Gasteiger partial charge in [-0.05, 0) is 24.3 Å². The predicted octanol–water partition coefficient (Wildman–Crippen LogP) is 1.52. The fraction of sp³-hybridized carbons (Fsp3) is 0.385. The minimum absolute atomic E-state index is 0.0265. The molecule has 0 radical (unpaired) electrons. The average molecular weight is 265 g/mol. The Morgan fingerprint density at radius 2 is 1.58 bits per heavy atom. The molecule has 1 fully saturated rings. The van der Waals surface area contributed by atoms with E-state index in [0.29, 0.717) is 31.9 Å². The molecule has 0 aromatic heterocycles. The zero-order chi connectivity index (χ0) is 13.8. The van der Waals surface area contributed by atoms with Crippen molar-refractivity contribution in [1.29, 1.82) is 0 Å². The molecule has 0 atom stereocenters. The monoisotopic (exact) mass is 265 g/mol. The lowest BCUT2D eigenvalue weighted by atomic mass is 10.3. The second kappa shape index (κ2) is 5.69. The van der Waals surface area contributed by atoms with Gasteiger partial charge in [0, 0.05) is 38.8 Å². The Labute approximate surface area is 111 Å². The molecule has 2 rings (SSSR count). The van der Waals surface area contributed by atoms with Crippen LogP contribution in [0.2, 0.25) is 0 Å². The van der Waals surface area contributed by atoms with E-state index in [-0.39, 0.29) is 17.8 Å². The number of carbonyl (C=O) groups is 2. The summed E-state index contributed by atoms with van der Waals surface area (Å²) in [5.41, 5.74) is 0.556. The van der Waals surface area contributed by atoms with Crippen LogP contribution in [0.4, 0.5) is 14.9 Å². The molecule has 0 spiro atoms. The largest absolute Gasteiger partial charge is 0.339 e. The van der Waals surface area contributed by atoms with E-state index < -0.39 is 0 Å². The molecule has 102 valence electrons. The second-order valence-corrected chi connectivity index (χ2v) is 4.43. The van der Waals surface area contributed by atoms with Gasteiger partial charge >= 0.3 is 6.03 Å². The molecule has 1 N–H and O–H groups in total. The van der Waals surface area contributed by atoms with Crippen LogP contribution in [0.3, 0.4) is 0 Å². The number of anilines is 1. The van der Waals surface area contributed by atoms with Crippen LogP contribution in [0.5, 0.6) is 0 Å². The van der Waals surface area contributed by atoms with E-state index in [0.717, 1.165) is 0 Å². The van der Waals surface area contributed by atoms with E-state index in [1.54, 1.807) is 9.80 Å². The number of carbonyl (C=O) groups excluding carboxylic acids is 2. The third-order valence-corrected chi connectivity index (χ3v) is 3.11. The van der Waals surface area contributed by atoms with Crippen LogP contribution in [0.15, 0.2) is 24.3 Å². The van der Waals surface area contributed by atoms with Gasteiger partial charge in [0.25, 0.3) is 0 Å². The number of rotatable bonds is 1. The molecular weight excluding hydrogens is 249 g/mol. The summed E-state index contributed by atoms with van der Waals surface area (Å²) in [6.07, 6.45) is 0. The molecule has 1 heterocycles. The zero-order valence-corrected chi connectivity index (χ0v) is 10.7. The van der Waals surface area contributed by atoms with Crippen LogP contribution in [0.1, 0.15) is 6.92 Å². The van der Waals surface area contributed by atoms with Gasteiger partial charge in [0.2, 0.25) is 5.91 Å². The number of urea groups is 1. The molecular formula is C13H16FN3O2. The predicted molar refractivity (Wildman–Crippen MR) is 69.2 cm³/mol. The third kappa shape index (κ3) is 3.43. The van der Waals surface area contributed by atoms with Gasteiger partial charge in [-0.3, -0.25) is 4.79 Å². The first kappa shape index (κ1) is 13.3. The van der Waals surface area contributed by atoms with Crippen LogP contribution in [-0.4, -0.2) is 47.9 Å². The maximum Gasteiger partial charge on any atom is 0.321 e. The number of nitrogens with zero attached hydrogens (tertiary/aromatic N) is 2. The molecule has 0 bridgehead atoms. The van der Waals surface area contributed by atoms with Crippen molar-refractivity contribution in [2.75, 3.05) is 31.5 Å². The van der Waals surface area contributed by atoms with Crippen molar-refractivity contribution in [3.63, 3.8) is 0 Å². The summed E-state index contributed by atoms with van der Waals surface area (Å²) in [6, 6.07) is 5.39. The molecule has 0 saturated carbocycles. The first-order valence-corrected chi connectivity index (χ1v) is 6.13. The van der Waals surface area contributed by atoms with Crippen LogP contribution in [0.25, 0.3) is 0 Å². The number of nitrogens with one attached hydrogen (secondary N) is 1. The van der Waals surface area contributed by atoms with E-state index in [4.69, 9.17) is 0 Å². The van der Waals surface area contributed by atoms with E-state index in [9.17, 15) is 14.0 Å². The van der Waals surface area contributed by atoms with Crippen molar-refractivity contribution in [3.8, 4) is 0 Å². The number of hydrogen-bond acceptors (Lipinski definition) is 2. The fourth-order valence-electron chi connectivity index (χ4n) is 1.96. The lowest BCUT2D eigenvalue weighted by molar-refractivity contribution is -0.130. The van der Waals surface area contributed by atoms with Crippen molar-refractivity contribution in [2.24, 2.45) is 0 Å². The van der Waals surface area contributed by atoms with Gasteiger partial charge in [-0.25, -0.2) is 9.18 Å². The van der Waals surface area contributed by atoms with Crippen molar-refractivity contribution in [2.45, 2.75) is 6.92 Å². The molecule has 1 aromatic rings. The minimum atomic E-state index is -0.340. The molecule has 3 amide bonds. The van der Waals surface area contributed by atoms with Crippen LogP contribution < -0.4 is 5.32 Å². The van der Waals surface area contributed by atoms with Gasteiger partial charge in [0.15, 0.2) is 0 Å². The number of piperazine rings is 1. The van der Waals surface area contributed by atoms with Crippen LogP contribution in [0, 0.1) is 5.82 Å².